The fourth-order valence-corrected chi connectivity index (χ4v) is 3.25. The first kappa shape index (κ1) is 20.9. The summed E-state index contributed by atoms with van der Waals surface area (Å²) in [5.41, 5.74) is 5.38. The number of para-hydroxylation sites is 1. The first-order valence-corrected chi connectivity index (χ1v) is 9.94. The van der Waals surface area contributed by atoms with Gasteiger partial charge < -0.3 is 10.1 Å². The molecule has 2 rings (SSSR count). The van der Waals surface area contributed by atoms with Crippen LogP contribution in [0.4, 0.5) is 5.69 Å². The Labute approximate surface area is 164 Å². The van der Waals surface area contributed by atoms with Crippen molar-refractivity contribution < 1.29 is 14.3 Å². The van der Waals surface area contributed by atoms with E-state index in [2.05, 4.69) is 15.3 Å². The molecule has 0 saturated carbocycles. The maximum absolute atomic E-state index is 12.1. The van der Waals surface area contributed by atoms with Crippen LogP contribution < -0.4 is 5.32 Å². The maximum Gasteiger partial charge on any atom is 0.306 e. The fraction of sp³-hybridized carbons (Fsp3) is 0.400. The minimum atomic E-state index is -0.417. The molecule has 0 radical (unpaired) electrons. The first-order valence-electron chi connectivity index (χ1n) is 8.71. The van der Waals surface area contributed by atoms with Crippen molar-refractivity contribution in [1.82, 2.24) is 9.97 Å². The van der Waals surface area contributed by atoms with Crippen LogP contribution in [0.5, 0.6) is 0 Å². The first-order chi connectivity index (χ1) is 12.8. The number of hydrogen-bond donors (Lipinski definition) is 1. The van der Waals surface area contributed by atoms with E-state index in [9.17, 15) is 9.59 Å². The highest BCUT2D eigenvalue weighted by Gasteiger charge is 2.13. The zero-order chi connectivity index (χ0) is 20.0. The third kappa shape index (κ3) is 5.79. The molecule has 144 valence electrons. The van der Waals surface area contributed by atoms with E-state index in [1.165, 1.54) is 11.8 Å². The van der Waals surface area contributed by atoms with Crippen LogP contribution in [0.15, 0.2) is 23.4 Å². The maximum atomic E-state index is 12.1. The largest absolute Gasteiger partial charge is 0.456 e. The fourth-order valence-electron chi connectivity index (χ4n) is 2.79. The number of esters is 1. The Morgan fingerprint density at radius 2 is 1.67 bits per heavy atom. The molecule has 0 bridgehead atoms. The Hall–Kier alpha value is -2.41. The van der Waals surface area contributed by atoms with Gasteiger partial charge >= 0.3 is 5.97 Å². The second-order valence-electron chi connectivity index (χ2n) is 6.34. The number of aromatic nitrogens is 2. The van der Waals surface area contributed by atoms with Gasteiger partial charge in [-0.25, -0.2) is 9.97 Å². The second kappa shape index (κ2) is 9.50. The van der Waals surface area contributed by atoms with Gasteiger partial charge in [0.25, 0.3) is 5.91 Å². The monoisotopic (exact) mass is 387 g/mol. The Morgan fingerprint density at radius 1 is 1.07 bits per heavy atom. The number of thioether (sulfide) groups is 1. The van der Waals surface area contributed by atoms with Crippen LogP contribution in [-0.4, -0.2) is 34.7 Å². The van der Waals surface area contributed by atoms with Crippen LogP contribution in [-0.2, 0) is 20.7 Å². The number of nitrogens with one attached hydrogen (secondary N) is 1. The summed E-state index contributed by atoms with van der Waals surface area (Å²) < 4.78 is 5.11. The molecule has 0 saturated heterocycles. The van der Waals surface area contributed by atoms with E-state index in [1.807, 2.05) is 52.1 Å². The minimum absolute atomic E-state index is 0.181. The van der Waals surface area contributed by atoms with Gasteiger partial charge in [-0.2, -0.15) is 0 Å². The Bertz CT molecular complexity index is 809. The van der Waals surface area contributed by atoms with Crippen molar-refractivity contribution in [3.05, 3.63) is 46.3 Å². The van der Waals surface area contributed by atoms with Crippen LogP contribution in [0.1, 0.15) is 34.5 Å². The molecule has 1 amide bonds. The third-order valence-corrected chi connectivity index (χ3v) is 4.82. The van der Waals surface area contributed by atoms with E-state index in [-0.39, 0.29) is 18.9 Å². The summed E-state index contributed by atoms with van der Waals surface area (Å²) >= 11 is 1.49. The molecule has 0 spiro atoms. The zero-order valence-corrected chi connectivity index (χ0v) is 17.2. The molecular formula is C20H25N3O3S. The summed E-state index contributed by atoms with van der Waals surface area (Å²) in [7, 11) is 0. The van der Waals surface area contributed by atoms with Gasteiger partial charge in [0.1, 0.15) is 0 Å². The van der Waals surface area contributed by atoms with E-state index < -0.39 is 5.97 Å². The van der Waals surface area contributed by atoms with Gasteiger partial charge in [0.05, 0.1) is 0 Å². The van der Waals surface area contributed by atoms with Gasteiger partial charge in [0.15, 0.2) is 11.8 Å². The molecule has 0 atom stereocenters. The van der Waals surface area contributed by atoms with E-state index in [1.54, 1.807) is 0 Å². The number of carbonyl (C=O) groups is 2. The molecule has 0 aliphatic carbocycles. The van der Waals surface area contributed by atoms with Gasteiger partial charge in [-0.1, -0.05) is 30.0 Å². The van der Waals surface area contributed by atoms with E-state index >= 15 is 0 Å². The number of rotatable bonds is 7. The van der Waals surface area contributed by atoms with E-state index in [0.717, 1.165) is 38.9 Å². The normalized spacial score (nSPS) is 10.6. The molecular weight excluding hydrogens is 362 g/mol. The minimum Gasteiger partial charge on any atom is -0.456 e. The molecule has 1 aromatic heterocycles. The van der Waals surface area contributed by atoms with E-state index in [0.29, 0.717) is 6.42 Å². The lowest BCUT2D eigenvalue weighted by atomic mass is 10.1. The number of anilines is 1. The van der Waals surface area contributed by atoms with Gasteiger partial charge in [-0.15, -0.1) is 0 Å². The molecule has 1 heterocycles. The van der Waals surface area contributed by atoms with Crippen LogP contribution in [0.3, 0.4) is 0 Å². The highest BCUT2D eigenvalue weighted by molar-refractivity contribution is 7.98. The van der Waals surface area contributed by atoms with Crippen molar-refractivity contribution >= 4 is 29.3 Å². The topological polar surface area (TPSA) is 81.2 Å². The lowest BCUT2D eigenvalue weighted by Gasteiger charge is -2.12. The molecule has 1 aromatic carbocycles. The number of amides is 1. The quantitative estimate of drug-likeness (QED) is 0.445. The van der Waals surface area contributed by atoms with Crippen LogP contribution in [0, 0.1) is 27.7 Å². The molecule has 0 fully saturated rings. The van der Waals surface area contributed by atoms with Crippen molar-refractivity contribution in [3.63, 3.8) is 0 Å². The van der Waals surface area contributed by atoms with Crippen molar-refractivity contribution in [1.29, 1.82) is 0 Å². The Morgan fingerprint density at radius 3 is 2.22 bits per heavy atom. The number of carbonyl (C=O) groups excluding carboxylic acids is 2. The third-order valence-electron chi connectivity index (χ3n) is 4.27. The van der Waals surface area contributed by atoms with Gasteiger partial charge in [-0.05, 0) is 57.1 Å². The highest BCUT2D eigenvalue weighted by Crippen LogP contribution is 2.19. The summed E-state index contributed by atoms with van der Waals surface area (Å²) in [5.74, 6) is -0.764. The summed E-state index contributed by atoms with van der Waals surface area (Å²) in [6.07, 6.45) is 2.60. The van der Waals surface area contributed by atoms with Crippen molar-refractivity contribution in [2.24, 2.45) is 0 Å². The summed E-state index contributed by atoms with van der Waals surface area (Å²) in [6.45, 7) is 7.36. The highest BCUT2D eigenvalue weighted by atomic mass is 32.2. The SMILES string of the molecule is CSc1nc(C)c(CCC(=O)OCC(=O)Nc2c(C)cccc2C)c(C)n1. The van der Waals surface area contributed by atoms with Gasteiger partial charge in [0, 0.05) is 23.5 Å². The smallest absolute Gasteiger partial charge is 0.306 e. The number of hydrogen-bond acceptors (Lipinski definition) is 6. The summed E-state index contributed by atoms with van der Waals surface area (Å²) in [4.78, 5) is 32.9. The molecule has 6 nitrogen and oxygen atoms in total. The van der Waals surface area contributed by atoms with Crippen LogP contribution in [0.2, 0.25) is 0 Å². The standard InChI is InChI=1S/C20H25N3O3S/c1-12-7-6-8-13(2)19(12)23-17(24)11-26-18(25)10-9-16-14(3)21-20(27-5)22-15(16)4/h6-8H,9-11H2,1-5H3,(H,23,24). The number of aryl methyl sites for hydroxylation is 4. The number of ether oxygens (including phenoxy) is 1. The molecule has 2 aromatic rings. The summed E-state index contributed by atoms with van der Waals surface area (Å²) in [6, 6.07) is 5.77. The van der Waals surface area contributed by atoms with Crippen LogP contribution in [0.25, 0.3) is 0 Å². The molecule has 1 N–H and O–H groups in total. The summed E-state index contributed by atoms with van der Waals surface area (Å²) in [5, 5.41) is 3.52. The predicted octanol–water partition coefficient (Wildman–Crippen LogP) is 3.55. The van der Waals surface area contributed by atoms with E-state index in [4.69, 9.17) is 4.74 Å². The molecule has 0 aliphatic rings. The molecule has 27 heavy (non-hydrogen) atoms. The lowest BCUT2D eigenvalue weighted by Crippen LogP contribution is -2.22. The lowest BCUT2D eigenvalue weighted by molar-refractivity contribution is -0.147. The average Bonchev–Trinajstić information content (AvgIpc) is 2.62. The van der Waals surface area contributed by atoms with Crippen molar-refractivity contribution in [2.45, 2.75) is 45.7 Å². The van der Waals surface area contributed by atoms with Gasteiger partial charge in [0.2, 0.25) is 0 Å². The van der Waals surface area contributed by atoms with Gasteiger partial charge in [-0.3, -0.25) is 9.59 Å². The number of nitrogens with zero attached hydrogens (tertiary/aromatic N) is 2. The Balaban J connectivity index is 1.85. The number of benzene rings is 1. The van der Waals surface area contributed by atoms with Crippen LogP contribution >= 0.6 is 11.8 Å². The second-order valence-corrected chi connectivity index (χ2v) is 7.11. The predicted molar refractivity (Wildman–Crippen MR) is 107 cm³/mol. The molecule has 0 aliphatic heterocycles. The van der Waals surface area contributed by atoms with Crippen molar-refractivity contribution in [3.8, 4) is 0 Å². The van der Waals surface area contributed by atoms with Crippen molar-refractivity contribution in [2.75, 3.05) is 18.2 Å². The molecule has 0 unspecified atom stereocenters. The Kier molecular flexibility index (Phi) is 7.36. The average molecular weight is 388 g/mol. The molecule has 7 heteroatoms. The zero-order valence-electron chi connectivity index (χ0n) is 16.4.